The first-order valence-corrected chi connectivity index (χ1v) is 16.9. The predicted octanol–water partition coefficient (Wildman–Crippen LogP) is 7.90. The fraction of sp³-hybridized carbons (Fsp3) is 0.200. The molecule has 0 saturated carbocycles. The quantitative estimate of drug-likeness (QED) is 0.184. The number of nitrogens with zero attached hydrogens (tertiary/aromatic N) is 7. The van der Waals surface area contributed by atoms with Gasteiger partial charge in [-0.15, -0.1) is 0 Å². The number of amides is 1. The van der Waals surface area contributed by atoms with Crippen LogP contribution in [0.4, 0.5) is 0 Å². The second-order valence-electron chi connectivity index (χ2n) is 12.7. The van der Waals surface area contributed by atoms with E-state index in [1.165, 1.54) is 31.3 Å². The Morgan fingerprint density at radius 1 is 0.635 bits per heavy atom. The maximum atomic E-state index is 13.7. The Bertz CT molecular complexity index is 2560. The Labute approximate surface area is 297 Å². The third-order valence-corrected chi connectivity index (χ3v) is 9.16. The molecule has 1 atom stereocenters. The lowest BCUT2D eigenvalue weighted by atomic mass is 10.1. The van der Waals surface area contributed by atoms with Crippen LogP contribution in [0.3, 0.4) is 0 Å². The van der Waals surface area contributed by atoms with Gasteiger partial charge in [-0.2, -0.15) is 11.8 Å². The number of aromatic nitrogens is 7. The molecule has 8 aromatic rings. The number of benzene rings is 1. The monoisotopic (exact) mass is 718 g/mol. The summed E-state index contributed by atoms with van der Waals surface area (Å²) >= 11 is 1.63. The third kappa shape index (κ3) is 5.79. The Morgan fingerprint density at radius 3 is 1.73 bits per heavy atom. The van der Waals surface area contributed by atoms with Crippen LogP contribution in [0.1, 0.15) is 49.0 Å². The number of carbonyl (C=O) groups is 1. The molecular formula is C35H26N8O8S. The summed E-state index contributed by atoms with van der Waals surface area (Å²) in [7, 11) is 0. The van der Waals surface area contributed by atoms with E-state index in [1.807, 2.05) is 30.3 Å². The minimum absolute atomic E-state index is 0.0127. The average molecular weight is 719 g/mol. The third-order valence-electron chi connectivity index (χ3n) is 7.80. The average Bonchev–Trinajstić information content (AvgIpc) is 3.98. The van der Waals surface area contributed by atoms with Gasteiger partial charge in [0.15, 0.2) is 45.6 Å². The van der Waals surface area contributed by atoms with Crippen LogP contribution < -0.4 is 5.32 Å². The van der Waals surface area contributed by atoms with Crippen molar-refractivity contribution >= 4 is 17.7 Å². The maximum Gasteiger partial charge on any atom is 0.273 e. The van der Waals surface area contributed by atoms with Crippen LogP contribution >= 0.6 is 11.8 Å². The molecule has 7 aromatic heterocycles. The van der Waals surface area contributed by atoms with Gasteiger partial charge < -0.3 is 36.2 Å². The summed E-state index contributed by atoms with van der Waals surface area (Å²) in [5, 5.41) is 3.03. The van der Waals surface area contributed by atoms with E-state index in [-0.39, 0.29) is 63.1 Å². The van der Waals surface area contributed by atoms with Gasteiger partial charge >= 0.3 is 0 Å². The highest BCUT2D eigenvalue weighted by atomic mass is 32.2. The van der Waals surface area contributed by atoms with Gasteiger partial charge in [0.05, 0.1) is 0 Å². The Balaban J connectivity index is 1.19. The molecular weight excluding hydrogens is 692 g/mol. The van der Waals surface area contributed by atoms with Crippen LogP contribution in [0.25, 0.3) is 80.8 Å². The molecule has 1 aliphatic rings. The zero-order valence-electron chi connectivity index (χ0n) is 27.9. The number of hydrogen-bond donors (Lipinski definition) is 1. The summed E-state index contributed by atoms with van der Waals surface area (Å²) in [4.78, 5) is 45.6. The summed E-state index contributed by atoms with van der Waals surface area (Å²) in [5.74, 6) is 1.78. The number of aryl methyl sites for hydroxylation is 1. The smallest absolute Gasteiger partial charge is 0.273 e. The summed E-state index contributed by atoms with van der Waals surface area (Å²) in [5.41, 5.74) is 2.52. The number of rotatable bonds is 3. The number of oxazole rings is 7. The molecule has 0 fully saturated rings. The van der Waals surface area contributed by atoms with Gasteiger partial charge in [-0.05, 0) is 6.92 Å². The molecule has 1 aliphatic heterocycles. The lowest BCUT2D eigenvalue weighted by Crippen LogP contribution is -2.31. The van der Waals surface area contributed by atoms with Crippen molar-refractivity contribution in [2.24, 2.45) is 0 Å². The standard InChI is InChI=1S/C35H26N8O8S/c1-16-24-33-41-22(14-49-33)31-40-21(13-48-31)30-39-20(12-47-30)29-38-19(11-46-29)28-37-18(10-45-28)27(44)36-23(15-52-35(2,3)4)32-43-25(34(42-24)50-16)26(51-32)17-8-6-5-7-9-17/h5-14,23H,15H2,1-4H3,(H,36,44)/t23-/m0/s1. The van der Waals surface area contributed by atoms with E-state index in [0.29, 0.717) is 40.0 Å². The van der Waals surface area contributed by atoms with Crippen LogP contribution in [-0.4, -0.2) is 51.3 Å². The maximum absolute atomic E-state index is 13.7. The molecule has 1 aromatic carbocycles. The van der Waals surface area contributed by atoms with E-state index in [0.717, 1.165) is 5.56 Å². The molecule has 8 heterocycles. The van der Waals surface area contributed by atoms with Crippen molar-refractivity contribution in [2.45, 2.75) is 38.5 Å². The molecule has 17 heteroatoms. The minimum atomic E-state index is -0.700. The number of hydrogen-bond acceptors (Lipinski definition) is 16. The summed E-state index contributed by atoms with van der Waals surface area (Å²) in [6.07, 6.45) is 6.72. The van der Waals surface area contributed by atoms with Gasteiger partial charge in [-0.1, -0.05) is 51.1 Å². The highest BCUT2D eigenvalue weighted by Gasteiger charge is 2.31. The van der Waals surface area contributed by atoms with Crippen molar-refractivity contribution < 1.29 is 35.7 Å². The van der Waals surface area contributed by atoms with E-state index in [1.54, 1.807) is 18.7 Å². The molecule has 16 nitrogen and oxygen atoms in total. The van der Waals surface area contributed by atoms with E-state index in [2.05, 4.69) is 51.0 Å². The van der Waals surface area contributed by atoms with Crippen LogP contribution in [0.15, 0.2) is 92.6 Å². The summed E-state index contributed by atoms with van der Waals surface area (Å²) < 4.78 is 40.9. The first-order valence-electron chi connectivity index (χ1n) is 15.9. The summed E-state index contributed by atoms with van der Waals surface area (Å²) in [6, 6.07) is 8.73. The van der Waals surface area contributed by atoms with E-state index < -0.39 is 11.9 Å². The molecule has 1 amide bonds. The van der Waals surface area contributed by atoms with Crippen molar-refractivity contribution in [1.29, 1.82) is 0 Å². The van der Waals surface area contributed by atoms with Crippen LogP contribution in [-0.2, 0) is 0 Å². The predicted molar refractivity (Wildman–Crippen MR) is 182 cm³/mol. The van der Waals surface area contributed by atoms with Gasteiger partial charge in [0.2, 0.25) is 41.2 Å². The highest BCUT2D eigenvalue weighted by Crippen LogP contribution is 2.38. The normalized spacial score (nSPS) is 14.3. The van der Waals surface area contributed by atoms with E-state index in [4.69, 9.17) is 40.9 Å². The molecule has 1 N–H and O–H groups in total. The highest BCUT2D eigenvalue weighted by molar-refractivity contribution is 8.00. The van der Waals surface area contributed by atoms with Gasteiger partial charge in [-0.25, -0.2) is 34.9 Å². The van der Waals surface area contributed by atoms with E-state index in [9.17, 15) is 4.79 Å². The molecule has 0 aliphatic carbocycles. The topological polar surface area (TPSA) is 211 Å². The second kappa shape index (κ2) is 12.1. The van der Waals surface area contributed by atoms with Crippen molar-refractivity contribution in [3.05, 3.63) is 79.0 Å². The Hall–Kier alpha value is -6.49. The van der Waals surface area contributed by atoms with E-state index >= 15 is 0 Å². The van der Waals surface area contributed by atoms with Gasteiger partial charge in [-0.3, -0.25) is 4.79 Å². The van der Waals surface area contributed by atoms with Crippen LogP contribution in [0.5, 0.6) is 0 Å². The van der Waals surface area contributed by atoms with Crippen LogP contribution in [0.2, 0.25) is 0 Å². The van der Waals surface area contributed by atoms with Crippen molar-refractivity contribution in [2.75, 3.05) is 5.75 Å². The molecule has 260 valence electrons. The second-order valence-corrected chi connectivity index (χ2v) is 14.5. The van der Waals surface area contributed by atoms with Crippen molar-refractivity contribution in [3.8, 4) is 80.8 Å². The molecule has 0 saturated heterocycles. The molecule has 52 heavy (non-hydrogen) atoms. The number of carbonyl (C=O) groups excluding carboxylic acids is 1. The van der Waals surface area contributed by atoms with Gasteiger partial charge in [0.25, 0.3) is 5.91 Å². The fourth-order valence-electron chi connectivity index (χ4n) is 5.30. The molecule has 0 radical (unpaired) electrons. The fourth-order valence-corrected chi connectivity index (χ4v) is 6.19. The van der Waals surface area contributed by atoms with Crippen molar-refractivity contribution in [3.63, 3.8) is 0 Å². The van der Waals surface area contributed by atoms with Crippen LogP contribution in [0, 0.1) is 6.92 Å². The number of thioether (sulfide) groups is 1. The molecule has 0 unspecified atom stereocenters. The lowest BCUT2D eigenvalue weighted by molar-refractivity contribution is 0.0930. The molecule has 9 rings (SSSR count). The van der Waals surface area contributed by atoms with Gasteiger partial charge in [0.1, 0.15) is 43.1 Å². The van der Waals surface area contributed by atoms with Crippen molar-refractivity contribution in [1.82, 2.24) is 40.2 Å². The first kappa shape index (κ1) is 31.5. The largest absolute Gasteiger partial charge is 0.442 e. The zero-order chi connectivity index (χ0) is 35.6. The first-order chi connectivity index (χ1) is 25.1. The Morgan fingerprint density at radius 2 is 1.15 bits per heavy atom. The SMILES string of the molecule is Cc1oc2nc1-c1nc(co1)-c1nc(co1)-c1nc(co1)-c1nc(co1)-c1nc(co1)C(=O)N[C@@H](CSC(C)(C)C)c1nc-2c(-c2ccccc2)o1. The molecule has 14 bridgehead atoms. The number of fused-ring (bicyclic) bond motifs is 20. The zero-order valence-corrected chi connectivity index (χ0v) is 28.7. The Kier molecular flexibility index (Phi) is 7.32. The minimum Gasteiger partial charge on any atom is -0.442 e. The lowest BCUT2D eigenvalue weighted by Gasteiger charge is -2.21. The summed E-state index contributed by atoms with van der Waals surface area (Å²) in [6.45, 7) is 7.98. The number of nitrogens with one attached hydrogen (secondary N) is 1. The van der Waals surface area contributed by atoms with Gasteiger partial charge in [0, 0.05) is 16.1 Å². The molecule has 0 spiro atoms.